The molecule has 0 amide bonds. The molecule has 3 heterocycles. The van der Waals surface area contributed by atoms with E-state index in [2.05, 4.69) is 10.4 Å². The summed E-state index contributed by atoms with van der Waals surface area (Å²) in [5.41, 5.74) is 3.03. The number of hydrogen-bond acceptors (Lipinski definition) is 7. The molecule has 86 valence electrons. The van der Waals surface area contributed by atoms with E-state index in [4.69, 9.17) is 5.11 Å². The van der Waals surface area contributed by atoms with E-state index in [1.54, 1.807) is 5.51 Å². The molecule has 3 aromatic rings. The highest BCUT2D eigenvalue weighted by atomic mass is 32.2. The molecule has 0 aliphatic rings. The van der Waals surface area contributed by atoms with Gasteiger partial charge >= 0.3 is 17.1 Å². The fourth-order valence-corrected chi connectivity index (χ4v) is 3.29. The number of nitrogens with zero attached hydrogens (tertiary/aromatic N) is 2. The number of carboxylic acid groups (broad SMARTS) is 1. The van der Waals surface area contributed by atoms with Crippen molar-refractivity contribution in [3.63, 3.8) is 0 Å². The Morgan fingerprint density at radius 3 is 2.71 bits per heavy atom. The van der Waals surface area contributed by atoms with Crippen LogP contribution in [0.1, 0.15) is 10.4 Å². The number of carboxylic acids is 1. The van der Waals surface area contributed by atoms with Crippen LogP contribution in [0.2, 0.25) is 0 Å². The van der Waals surface area contributed by atoms with Crippen LogP contribution in [0.4, 0.5) is 5.00 Å². The Bertz CT molecular complexity index is 779. The van der Waals surface area contributed by atoms with Crippen LogP contribution in [0.3, 0.4) is 0 Å². The van der Waals surface area contributed by atoms with Crippen molar-refractivity contribution in [3.05, 3.63) is 31.8 Å². The molecule has 0 radical (unpaired) electrons. The topological polar surface area (TPSA) is 101 Å². The second-order valence-corrected chi connectivity index (χ2v) is 5.29. The number of anilines is 1. The van der Waals surface area contributed by atoms with Crippen LogP contribution in [-0.2, 0) is 0 Å². The van der Waals surface area contributed by atoms with Gasteiger partial charge in [0, 0.05) is 0 Å². The summed E-state index contributed by atoms with van der Waals surface area (Å²) >= 11 is 2.45. The minimum atomic E-state index is -1.15. The third-order valence-electron chi connectivity index (χ3n) is 2.16. The Hall–Kier alpha value is -2.00. The highest BCUT2D eigenvalue weighted by Crippen LogP contribution is 2.37. The third kappa shape index (κ3) is 1.40. The molecular formula is C8H3N3O4S2. The second-order valence-electron chi connectivity index (χ2n) is 3.16. The summed E-state index contributed by atoms with van der Waals surface area (Å²) < 4.78 is 1.49. The third-order valence-corrected chi connectivity index (χ3v) is 4.20. The maximum absolute atomic E-state index is 11.1. The smallest absolute Gasteiger partial charge is 0.341 e. The molecular weight excluding hydrogens is 266 g/mol. The lowest BCUT2D eigenvalue weighted by atomic mass is 10.3. The van der Waals surface area contributed by atoms with Gasteiger partial charge in [0.1, 0.15) is 20.1 Å². The monoisotopic (exact) mass is 269 g/mol. The number of carbonyl (C=O) groups is 1. The van der Waals surface area contributed by atoms with Gasteiger partial charge in [-0.1, -0.05) is 0 Å². The Balaban J connectivity index is 2.15. The Morgan fingerprint density at radius 2 is 2.12 bits per heavy atom. The van der Waals surface area contributed by atoms with E-state index < -0.39 is 17.1 Å². The fourth-order valence-electron chi connectivity index (χ4n) is 1.34. The minimum Gasteiger partial charge on any atom is -0.478 e. The van der Waals surface area contributed by atoms with Gasteiger partial charge in [-0.25, -0.2) is 9.78 Å². The molecule has 0 fully saturated rings. The summed E-state index contributed by atoms with van der Waals surface area (Å²) in [6.45, 7) is 0. The molecule has 2 N–H and O–H groups in total. The fraction of sp³-hybridized carbons (Fsp3) is 0. The van der Waals surface area contributed by atoms with Gasteiger partial charge in [-0.05, 0) is 0 Å². The van der Waals surface area contributed by atoms with Crippen molar-refractivity contribution in [2.24, 2.45) is 0 Å². The number of hydrogen-bond donors (Lipinski definition) is 2. The number of aromatic nitrogens is 2. The Labute approximate surface area is 100 Å². The molecule has 0 saturated heterocycles. The van der Waals surface area contributed by atoms with Crippen LogP contribution in [0, 0.1) is 0 Å². The predicted molar refractivity (Wildman–Crippen MR) is 62.8 cm³/mol. The quantitative estimate of drug-likeness (QED) is 0.664. The van der Waals surface area contributed by atoms with Crippen molar-refractivity contribution < 1.29 is 9.90 Å². The molecule has 3 rings (SSSR count). The number of fused-ring (bicyclic) bond motifs is 1. The summed E-state index contributed by atoms with van der Waals surface area (Å²) in [6, 6.07) is 0. The van der Waals surface area contributed by atoms with Crippen molar-refractivity contribution in [2.75, 3.05) is 5.43 Å². The van der Waals surface area contributed by atoms with Crippen molar-refractivity contribution in [1.82, 2.24) is 9.66 Å². The Morgan fingerprint density at radius 1 is 1.41 bits per heavy atom. The van der Waals surface area contributed by atoms with Crippen molar-refractivity contribution in [3.8, 4) is 0 Å². The van der Waals surface area contributed by atoms with Gasteiger partial charge in [-0.2, -0.15) is 4.68 Å². The molecule has 0 saturated carbocycles. The lowest BCUT2D eigenvalue weighted by Gasteiger charge is -1.98. The number of nitrogens with one attached hydrogen (secondary N) is 1. The minimum absolute atomic E-state index is 0.0150. The number of thiazole rings is 1. The number of aromatic carboxylic acids is 1. The van der Waals surface area contributed by atoms with Crippen LogP contribution < -0.4 is 16.5 Å². The first kappa shape index (κ1) is 10.2. The molecule has 3 aromatic heterocycles. The van der Waals surface area contributed by atoms with E-state index >= 15 is 0 Å². The van der Waals surface area contributed by atoms with Crippen molar-refractivity contribution in [1.29, 1.82) is 0 Å². The standard InChI is InChI=1S/C8H3N3O4S2/c12-5-6(13)11(5)10-4-2(7(14)15)3-8(17-4)16-1-9-3/h1,10H,(H,14,15). The molecule has 0 bridgehead atoms. The molecule has 0 aliphatic carbocycles. The number of rotatable bonds is 3. The molecule has 0 spiro atoms. The van der Waals surface area contributed by atoms with E-state index in [0.717, 1.165) is 20.0 Å². The SMILES string of the molecule is O=C(O)c1c(Nn2c(=O)c2=O)sc2scnc12. The van der Waals surface area contributed by atoms with E-state index in [-0.39, 0.29) is 10.6 Å². The molecule has 0 aromatic carbocycles. The van der Waals surface area contributed by atoms with Crippen LogP contribution in [0.5, 0.6) is 0 Å². The lowest BCUT2D eigenvalue weighted by Crippen LogP contribution is -2.09. The molecule has 9 heteroatoms. The van der Waals surface area contributed by atoms with Gasteiger partial charge in [0.25, 0.3) is 0 Å². The zero-order chi connectivity index (χ0) is 12.2. The Kier molecular flexibility index (Phi) is 1.94. The van der Waals surface area contributed by atoms with Crippen LogP contribution in [0.25, 0.3) is 9.53 Å². The first-order valence-corrected chi connectivity index (χ1v) is 6.03. The van der Waals surface area contributed by atoms with Gasteiger partial charge in [0.2, 0.25) is 0 Å². The van der Waals surface area contributed by atoms with Gasteiger partial charge in [-0.3, -0.25) is 15.0 Å². The number of thiophene rings is 1. The van der Waals surface area contributed by atoms with E-state index in [1.165, 1.54) is 11.3 Å². The van der Waals surface area contributed by atoms with Crippen LogP contribution in [0.15, 0.2) is 15.1 Å². The van der Waals surface area contributed by atoms with Gasteiger partial charge < -0.3 is 5.11 Å². The van der Waals surface area contributed by atoms with E-state index in [1.807, 2.05) is 0 Å². The summed E-state index contributed by atoms with van der Waals surface area (Å²) in [5, 5.41) is 9.32. The normalized spacial score (nSPS) is 11.3. The molecule has 17 heavy (non-hydrogen) atoms. The average molecular weight is 269 g/mol. The summed E-state index contributed by atoms with van der Waals surface area (Å²) in [7, 11) is 0. The largest absolute Gasteiger partial charge is 0.478 e. The maximum atomic E-state index is 11.1. The van der Waals surface area contributed by atoms with Crippen molar-refractivity contribution in [2.45, 2.75) is 0 Å². The van der Waals surface area contributed by atoms with Crippen LogP contribution >= 0.6 is 22.7 Å². The second kappa shape index (κ2) is 3.25. The molecule has 7 nitrogen and oxygen atoms in total. The first-order valence-electron chi connectivity index (χ1n) is 4.34. The highest BCUT2D eigenvalue weighted by Gasteiger charge is 2.24. The maximum Gasteiger partial charge on any atom is 0.341 e. The highest BCUT2D eigenvalue weighted by molar-refractivity contribution is 7.39. The molecule has 0 aliphatic heterocycles. The zero-order valence-electron chi connectivity index (χ0n) is 7.96. The van der Waals surface area contributed by atoms with Gasteiger partial charge in [0.05, 0.1) is 5.51 Å². The average Bonchev–Trinajstić information content (AvgIpc) is 2.71. The summed E-state index contributed by atoms with van der Waals surface area (Å²) in [5.74, 6) is -1.15. The zero-order valence-corrected chi connectivity index (χ0v) is 9.59. The molecule has 0 unspecified atom stereocenters. The van der Waals surface area contributed by atoms with Crippen molar-refractivity contribution >= 4 is 43.2 Å². The summed E-state index contributed by atoms with van der Waals surface area (Å²) in [4.78, 5) is 36.7. The van der Waals surface area contributed by atoms with E-state index in [9.17, 15) is 14.4 Å². The van der Waals surface area contributed by atoms with Gasteiger partial charge in [0.15, 0.2) is 0 Å². The predicted octanol–water partition coefficient (Wildman–Crippen LogP) is 0.329. The van der Waals surface area contributed by atoms with E-state index in [0.29, 0.717) is 5.52 Å². The molecule has 0 atom stereocenters. The summed E-state index contributed by atoms with van der Waals surface area (Å²) in [6.07, 6.45) is 0. The lowest BCUT2D eigenvalue weighted by molar-refractivity contribution is 0.0700. The van der Waals surface area contributed by atoms with Gasteiger partial charge in [-0.15, -0.1) is 22.7 Å². The van der Waals surface area contributed by atoms with Crippen LogP contribution in [-0.4, -0.2) is 20.7 Å². The first-order chi connectivity index (χ1) is 8.09.